The van der Waals surface area contributed by atoms with E-state index in [-0.39, 0.29) is 18.2 Å². The predicted molar refractivity (Wildman–Crippen MR) is 139 cm³/mol. The van der Waals surface area contributed by atoms with Gasteiger partial charge in [0.15, 0.2) is 0 Å². The summed E-state index contributed by atoms with van der Waals surface area (Å²) in [4.78, 5) is 0. The van der Waals surface area contributed by atoms with Crippen molar-refractivity contribution in [3.63, 3.8) is 0 Å². The van der Waals surface area contributed by atoms with Gasteiger partial charge in [0.05, 0.1) is 40.1 Å². The number of fused-ring (bicyclic) bond motifs is 7. The normalized spacial score (nSPS) is 23.8. The maximum Gasteiger partial charge on any atom is 0.205 e. The van der Waals surface area contributed by atoms with Crippen molar-refractivity contribution in [3.05, 3.63) is 76.9 Å². The number of rotatable bonds is 4. The molecule has 7 rings (SSSR count). The third kappa shape index (κ3) is 2.81. The van der Waals surface area contributed by atoms with Crippen LogP contribution in [0.2, 0.25) is 0 Å². The van der Waals surface area contributed by atoms with Crippen LogP contribution < -0.4 is 0 Å². The van der Waals surface area contributed by atoms with E-state index >= 15 is 0 Å². The monoisotopic (exact) mass is 507 g/mol. The highest BCUT2D eigenvalue weighted by atomic mass is 16.6. The van der Waals surface area contributed by atoms with Crippen LogP contribution in [0, 0.1) is 18.3 Å². The number of aliphatic hydroxyl groups is 1. The van der Waals surface area contributed by atoms with Crippen LogP contribution in [0.25, 0.3) is 27.5 Å². The molecule has 2 aliphatic rings. The third-order valence-electron chi connectivity index (χ3n) is 8.30. The molecule has 0 unspecified atom stereocenters. The summed E-state index contributed by atoms with van der Waals surface area (Å²) in [5.74, 6) is -0.320. The average Bonchev–Trinajstić information content (AvgIpc) is 3.59. The smallest absolute Gasteiger partial charge is 0.205 e. The Morgan fingerprint density at radius 3 is 2.63 bits per heavy atom. The summed E-state index contributed by atoms with van der Waals surface area (Å²) in [5, 5.41) is 53.9. The lowest BCUT2D eigenvalue weighted by Gasteiger charge is -2.26. The standard InChI is InChI=1S/C29H25N5O4/c1-16-7-9-20-22(13-16)33(32-31-20)12-11-29-14-23(35)28(2,38-29)24-25(29)27(37)34(26(24)36)21-10-8-17(15-30)18-5-3-4-6-19(18)21/h3-10,13,23,35-37H,11-12,14H2,1-2H3/t23-,28-,29+/m0/s1. The molecule has 2 bridgehead atoms. The first-order valence-corrected chi connectivity index (χ1v) is 12.6. The number of hydrogen-bond donors (Lipinski definition) is 3. The Balaban J connectivity index is 1.38. The Bertz CT molecular complexity index is 1830. The molecule has 2 aromatic heterocycles. The van der Waals surface area contributed by atoms with E-state index in [1.165, 1.54) is 4.57 Å². The summed E-state index contributed by atoms with van der Waals surface area (Å²) in [6, 6.07) is 18.9. The molecule has 9 heteroatoms. The number of hydrogen-bond acceptors (Lipinski definition) is 7. The Labute approximate surface area is 217 Å². The Morgan fingerprint density at radius 1 is 1.08 bits per heavy atom. The second kappa shape index (κ2) is 7.57. The highest BCUT2D eigenvalue weighted by Crippen LogP contribution is 2.65. The van der Waals surface area contributed by atoms with Crippen LogP contribution in [-0.2, 0) is 22.5 Å². The number of aromatic nitrogens is 4. The second-order valence-electron chi connectivity index (χ2n) is 10.5. The Morgan fingerprint density at radius 2 is 1.84 bits per heavy atom. The third-order valence-corrected chi connectivity index (χ3v) is 8.30. The molecule has 0 amide bonds. The van der Waals surface area contributed by atoms with Crippen molar-refractivity contribution in [3.8, 4) is 23.5 Å². The summed E-state index contributed by atoms with van der Waals surface area (Å²) in [6.07, 6.45) is -0.194. The van der Waals surface area contributed by atoms with Crippen LogP contribution in [0.5, 0.6) is 11.8 Å². The Kier molecular flexibility index (Phi) is 4.54. The molecule has 190 valence electrons. The maximum atomic E-state index is 11.7. The molecule has 1 saturated heterocycles. The molecule has 3 atom stereocenters. The number of nitrogens with zero attached hydrogens (tertiary/aromatic N) is 5. The van der Waals surface area contributed by atoms with Gasteiger partial charge in [-0.05, 0) is 43.7 Å². The number of nitriles is 1. The van der Waals surface area contributed by atoms with Crippen LogP contribution in [0.3, 0.4) is 0 Å². The molecule has 5 aromatic rings. The molecule has 0 saturated carbocycles. The molecule has 4 heterocycles. The first-order chi connectivity index (χ1) is 18.3. The fourth-order valence-corrected chi connectivity index (χ4v) is 6.45. The quantitative estimate of drug-likeness (QED) is 0.331. The van der Waals surface area contributed by atoms with Gasteiger partial charge >= 0.3 is 0 Å². The van der Waals surface area contributed by atoms with Crippen LogP contribution in [0.1, 0.15) is 42.0 Å². The van der Waals surface area contributed by atoms with E-state index in [0.717, 1.165) is 16.6 Å². The van der Waals surface area contributed by atoms with E-state index < -0.39 is 17.3 Å². The van der Waals surface area contributed by atoms with Gasteiger partial charge in [0.2, 0.25) is 11.8 Å². The minimum Gasteiger partial charge on any atom is -0.494 e. The van der Waals surface area contributed by atoms with Gasteiger partial charge in [0.1, 0.15) is 16.7 Å². The predicted octanol–water partition coefficient (Wildman–Crippen LogP) is 4.26. The molecule has 0 aliphatic carbocycles. The minimum absolute atomic E-state index is 0.137. The zero-order valence-electron chi connectivity index (χ0n) is 20.9. The second-order valence-corrected chi connectivity index (χ2v) is 10.5. The molecular formula is C29H25N5O4. The van der Waals surface area contributed by atoms with E-state index in [1.807, 2.05) is 54.1 Å². The summed E-state index contributed by atoms with van der Waals surface area (Å²) < 4.78 is 9.70. The van der Waals surface area contributed by atoms with E-state index in [1.54, 1.807) is 19.1 Å². The van der Waals surface area contributed by atoms with Crippen molar-refractivity contribution in [2.24, 2.45) is 0 Å². The van der Waals surface area contributed by atoms with Crippen molar-refractivity contribution in [2.45, 2.75) is 50.5 Å². The SMILES string of the molecule is Cc1ccc2nnn(CC[C@]34C[C@H](O)[C@](C)(O3)c3c4c(O)n(-c4ccc(C#N)c5ccccc45)c3O)c2c1. The highest BCUT2D eigenvalue weighted by Gasteiger charge is 2.66. The molecule has 3 N–H and O–H groups in total. The zero-order chi connectivity index (χ0) is 26.4. The fraction of sp³-hybridized carbons (Fsp3) is 0.276. The van der Waals surface area contributed by atoms with Crippen molar-refractivity contribution >= 4 is 21.8 Å². The molecule has 9 nitrogen and oxygen atoms in total. The van der Waals surface area contributed by atoms with E-state index in [9.17, 15) is 20.6 Å². The zero-order valence-corrected chi connectivity index (χ0v) is 20.9. The van der Waals surface area contributed by atoms with Crippen molar-refractivity contribution in [2.75, 3.05) is 0 Å². The maximum absolute atomic E-state index is 11.7. The largest absolute Gasteiger partial charge is 0.494 e. The first-order valence-electron chi connectivity index (χ1n) is 12.6. The van der Waals surface area contributed by atoms with Crippen molar-refractivity contribution < 1.29 is 20.1 Å². The van der Waals surface area contributed by atoms with Crippen LogP contribution in [0.15, 0.2) is 54.6 Å². The lowest BCUT2D eigenvalue weighted by Crippen LogP contribution is -2.33. The summed E-state index contributed by atoms with van der Waals surface area (Å²) >= 11 is 0. The van der Waals surface area contributed by atoms with E-state index in [0.29, 0.717) is 46.1 Å². The van der Waals surface area contributed by atoms with Crippen molar-refractivity contribution in [1.29, 1.82) is 5.26 Å². The molecule has 1 fully saturated rings. The number of aliphatic hydroxyl groups excluding tert-OH is 1. The highest BCUT2D eigenvalue weighted by molar-refractivity contribution is 5.95. The lowest BCUT2D eigenvalue weighted by atomic mass is 9.76. The van der Waals surface area contributed by atoms with E-state index in [4.69, 9.17) is 4.74 Å². The van der Waals surface area contributed by atoms with Crippen molar-refractivity contribution in [1.82, 2.24) is 19.6 Å². The van der Waals surface area contributed by atoms with Gasteiger partial charge in [-0.1, -0.05) is 35.5 Å². The van der Waals surface area contributed by atoms with Gasteiger partial charge in [-0.3, -0.25) is 4.57 Å². The van der Waals surface area contributed by atoms with Gasteiger partial charge in [-0.15, -0.1) is 5.10 Å². The summed E-state index contributed by atoms with van der Waals surface area (Å²) in [7, 11) is 0. The topological polar surface area (TPSA) is 129 Å². The molecule has 0 spiro atoms. The van der Waals surface area contributed by atoms with Crippen LogP contribution >= 0.6 is 0 Å². The Hall–Kier alpha value is -4.39. The van der Waals surface area contributed by atoms with Crippen LogP contribution in [-0.4, -0.2) is 41.0 Å². The molecule has 2 aliphatic heterocycles. The van der Waals surface area contributed by atoms with Gasteiger partial charge in [-0.25, -0.2) is 4.68 Å². The fourth-order valence-electron chi connectivity index (χ4n) is 6.45. The number of benzene rings is 3. The number of ether oxygens (including phenoxy) is 1. The number of aromatic hydroxyl groups is 2. The molecule has 0 radical (unpaired) electrons. The van der Waals surface area contributed by atoms with Crippen LogP contribution in [0.4, 0.5) is 0 Å². The minimum atomic E-state index is -1.19. The molecular weight excluding hydrogens is 482 g/mol. The number of aryl methyl sites for hydroxylation is 2. The van der Waals surface area contributed by atoms with Gasteiger partial charge in [0.25, 0.3) is 0 Å². The summed E-state index contributed by atoms with van der Waals surface area (Å²) in [5.41, 5.74) is 2.48. The molecule has 3 aromatic carbocycles. The first kappa shape index (κ1) is 22.8. The van der Waals surface area contributed by atoms with E-state index in [2.05, 4.69) is 16.4 Å². The van der Waals surface area contributed by atoms with Gasteiger partial charge < -0.3 is 20.1 Å². The lowest BCUT2D eigenvalue weighted by molar-refractivity contribution is -0.106. The van der Waals surface area contributed by atoms with Gasteiger partial charge in [-0.2, -0.15) is 5.26 Å². The average molecular weight is 508 g/mol. The summed E-state index contributed by atoms with van der Waals surface area (Å²) in [6.45, 7) is 4.20. The van der Waals surface area contributed by atoms with Gasteiger partial charge in [0, 0.05) is 30.2 Å². The molecule has 38 heavy (non-hydrogen) atoms.